The van der Waals surface area contributed by atoms with Crippen LogP contribution >= 0.6 is 0 Å². The van der Waals surface area contributed by atoms with Gasteiger partial charge in [-0.15, -0.1) is 0 Å². The second-order valence-corrected chi connectivity index (χ2v) is 8.03. The van der Waals surface area contributed by atoms with Crippen LogP contribution in [0, 0.1) is 12.3 Å². The number of carbonyl (C=O) groups is 1. The van der Waals surface area contributed by atoms with Crippen molar-refractivity contribution in [1.82, 2.24) is 19.3 Å². The zero-order chi connectivity index (χ0) is 20.7. The van der Waals surface area contributed by atoms with Gasteiger partial charge in [0.25, 0.3) is 11.5 Å². The van der Waals surface area contributed by atoms with Gasteiger partial charge in [0, 0.05) is 18.3 Å². The van der Waals surface area contributed by atoms with Crippen molar-refractivity contribution in [2.24, 2.45) is 0 Å². The Morgan fingerprint density at radius 3 is 2.76 bits per heavy atom. The third-order valence-electron chi connectivity index (χ3n) is 6.04. The zero-order valence-electron chi connectivity index (χ0n) is 17.2. The average molecular weight is 393 g/mol. The molecule has 1 amide bonds. The lowest BCUT2D eigenvalue weighted by Crippen LogP contribution is -2.39. The van der Waals surface area contributed by atoms with Crippen molar-refractivity contribution in [3.63, 3.8) is 0 Å². The minimum Gasteiger partial charge on any atom is -0.349 e. The molecule has 0 unspecified atom stereocenters. The molecule has 0 saturated heterocycles. The van der Waals surface area contributed by atoms with Crippen LogP contribution in [0.4, 0.5) is 0 Å². The molecule has 0 radical (unpaired) electrons. The highest BCUT2D eigenvalue weighted by Crippen LogP contribution is 2.20. The number of fused-ring (bicyclic) bond motifs is 2. The Labute approximate surface area is 168 Å². The van der Waals surface area contributed by atoms with Gasteiger partial charge in [-0.3, -0.25) is 19.4 Å². The maximum Gasteiger partial charge on any atom is 0.267 e. The molecule has 7 nitrogen and oxygen atoms in total. The third kappa shape index (κ3) is 3.24. The summed E-state index contributed by atoms with van der Waals surface area (Å²) in [6.07, 6.45) is 6.60. The molecule has 3 heterocycles. The van der Waals surface area contributed by atoms with Crippen LogP contribution in [0.1, 0.15) is 67.9 Å². The van der Waals surface area contributed by atoms with Gasteiger partial charge in [-0.1, -0.05) is 25.8 Å². The third-order valence-corrected chi connectivity index (χ3v) is 6.04. The van der Waals surface area contributed by atoms with E-state index in [1.165, 1.54) is 4.40 Å². The number of aromatic nitrogens is 3. The summed E-state index contributed by atoms with van der Waals surface area (Å²) in [5.74, 6) is -0.283. The number of nitrogens with zero attached hydrogens (tertiary/aromatic N) is 3. The lowest BCUT2D eigenvalue weighted by atomic mass is 10.1. The largest absolute Gasteiger partial charge is 0.349 e. The number of pyridine rings is 2. The Hall–Kier alpha value is -2.96. The molecular weight excluding hydrogens is 366 g/mol. The Balaban J connectivity index is 2.01. The van der Waals surface area contributed by atoms with Crippen molar-refractivity contribution < 1.29 is 4.79 Å². The van der Waals surface area contributed by atoms with E-state index in [4.69, 9.17) is 10.4 Å². The van der Waals surface area contributed by atoms with Gasteiger partial charge in [0.15, 0.2) is 0 Å². The highest BCUT2D eigenvalue weighted by Gasteiger charge is 2.23. The Kier molecular flexibility index (Phi) is 4.98. The summed E-state index contributed by atoms with van der Waals surface area (Å²) in [4.78, 5) is 31.0. The number of rotatable bonds is 4. The molecular formula is C22H27N5O2. The number of aryl methyl sites for hydroxylation is 1. The summed E-state index contributed by atoms with van der Waals surface area (Å²) in [7, 11) is 0. The van der Waals surface area contributed by atoms with E-state index in [2.05, 4.69) is 5.32 Å². The summed E-state index contributed by atoms with van der Waals surface area (Å²) in [5, 5.41) is 12.2. The van der Waals surface area contributed by atoms with Gasteiger partial charge in [-0.25, -0.2) is 4.98 Å². The predicted octanol–water partition coefficient (Wildman–Crippen LogP) is 3.08. The van der Waals surface area contributed by atoms with Crippen LogP contribution in [0.2, 0.25) is 0 Å². The Bertz CT molecular complexity index is 1220. The molecule has 0 aromatic carbocycles. The Morgan fingerprint density at radius 1 is 1.34 bits per heavy atom. The fraction of sp³-hybridized carbons (Fsp3) is 0.455. The first-order chi connectivity index (χ1) is 13.9. The van der Waals surface area contributed by atoms with Crippen LogP contribution in [0.15, 0.2) is 29.2 Å². The van der Waals surface area contributed by atoms with E-state index < -0.39 is 0 Å². The standard InChI is InChI=1S/C22H27N5O2/c1-4-14(3)27-18(23)16(21(28)24-15-9-5-6-10-15)12-17-20(27)25-19-13(2)8-7-11-26(19)22(17)29/h7-8,11-12,14-15,23H,4-6,9-10H2,1-3H3,(H,24,28)/t14-/m1/s1. The molecule has 2 N–H and O–H groups in total. The van der Waals surface area contributed by atoms with Gasteiger partial charge in [0.1, 0.15) is 16.8 Å². The van der Waals surface area contributed by atoms with Gasteiger partial charge >= 0.3 is 0 Å². The van der Waals surface area contributed by atoms with Crippen molar-refractivity contribution >= 4 is 22.6 Å². The second-order valence-electron chi connectivity index (χ2n) is 8.03. The van der Waals surface area contributed by atoms with E-state index >= 15 is 0 Å². The molecule has 0 spiro atoms. The number of nitrogens with one attached hydrogen (secondary N) is 2. The van der Waals surface area contributed by atoms with Crippen LogP contribution in [0.25, 0.3) is 16.7 Å². The highest BCUT2D eigenvalue weighted by atomic mass is 16.2. The monoisotopic (exact) mass is 393 g/mol. The maximum absolute atomic E-state index is 13.3. The van der Waals surface area contributed by atoms with Crippen LogP contribution < -0.4 is 16.4 Å². The summed E-state index contributed by atoms with van der Waals surface area (Å²) >= 11 is 0. The minimum atomic E-state index is -0.283. The van der Waals surface area contributed by atoms with Gasteiger partial charge in [0.2, 0.25) is 0 Å². The van der Waals surface area contributed by atoms with Crippen molar-refractivity contribution in [2.45, 2.75) is 65.0 Å². The van der Waals surface area contributed by atoms with Crippen molar-refractivity contribution in [2.75, 3.05) is 0 Å². The van der Waals surface area contributed by atoms with Crippen molar-refractivity contribution in [1.29, 1.82) is 5.41 Å². The van der Waals surface area contributed by atoms with E-state index in [0.29, 0.717) is 16.7 Å². The molecule has 1 atom stereocenters. The average Bonchev–Trinajstić information content (AvgIpc) is 3.21. The summed E-state index contributed by atoms with van der Waals surface area (Å²) in [6, 6.07) is 5.35. The SMILES string of the molecule is CC[C@@H](C)n1c(=N)c(C(=O)NC2CCCC2)cc2c(=O)n3cccc(C)c3nc21. The number of carbonyl (C=O) groups excluding carboxylic acids is 1. The summed E-state index contributed by atoms with van der Waals surface area (Å²) < 4.78 is 3.24. The van der Waals surface area contributed by atoms with E-state index in [0.717, 1.165) is 37.7 Å². The molecule has 1 aliphatic rings. The fourth-order valence-electron chi connectivity index (χ4n) is 4.18. The van der Waals surface area contributed by atoms with Gasteiger partial charge in [-0.05, 0) is 50.8 Å². The zero-order valence-corrected chi connectivity index (χ0v) is 17.2. The first-order valence-electron chi connectivity index (χ1n) is 10.3. The number of hydrogen-bond donors (Lipinski definition) is 2. The van der Waals surface area contributed by atoms with Crippen LogP contribution in [-0.2, 0) is 0 Å². The molecule has 0 bridgehead atoms. The maximum atomic E-state index is 13.3. The molecule has 1 aliphatic carbocycles. The smallest absolute Gasteiger partial charge is 0.267 e. The lowest BCUT2D eigenvalue weighted by molar-refractivity contribution is 0.0935. The van der Waals surface area contributed by atoms with Gasteiger partial charge < -0.3 is 9.88 Å². The second kappa shape index (κ2) is 7.46. The fourth-order valence-corrected chi connectivity index (χ4v) is 4.18. The molecule has 1 saturated carbocycles. The lowest BCUT2D eigenvalue weighted by Gasteiger charge is -2.20. The van der Waals surface area contributed by atoms with Crippen LogP contribution in [-0.4, -0.2) is 25.9 Å². The Morgan fingerprint density at radius 2 is 2.07 bits per heavy atom. The van der Waals surface area contributed by atoms with Crippen LogP contribution in [0.3, 0.4) is 0 Å². The summed E-state index contributed by atoms with van der Waals surface area (Å²) in [6.45, 7) is 5.91. The molecule has 0 aliphatic heterocycles. The highest BCUT2D eigenvalue weighted by molar-refractivity contribution is 5.97. The molecule has 152 valence electrons. The molecule has 29 heavy (non-hydrogen) atoms. The molecule has 3 aromatic heterocycles. The molecule has 7 heteroatoms. The molecule has 1 fully saturated rings. The van der Waals surface area contributed by atoms with Crippen molar-refractivity contribution in [3.8, 4) is 0 Å². The quantitative estimate of drug-likeness (QED) is 0.667. The van der Waals surface area contributed by atoms with Gasteiger partial charge in [-0.2, -0.15) is 0 Å². The van der Waals surface area contributed by atoms with E-state index in [9.17, 15) is 9.59 Å². The molecule has 3 aromatic rings. The minimum absolute atomic E-state index is 0.0670. The van der Waals surface area contributed by atoms with E-state index in [1.54, 1.807) is 16.8 Å². The van der Waals surface area contributed by atoms with E-state index in [1.807, 2.05) is 32.9 Å². The predicted molar refractivity (Wildman–Crippen MR) is 112 cm³/mol. The first kappa shape index (κ1) is 19.4. The van der Waals surface area contributed by atoms with Gasteiger partial charge in [0.05, 0.1) is 10.9 Å². The number of hydrogen-bond acceptors (Lipinski definition) is 4. The topological polar surface area (TPSA) is 92.2 Å². The first-order valence-corrected chi connectivity index (χ1v) is 10.3. The molecule has 4 rings (SSSR count). The van der Waals surface area contributed by atoms with E-state index in [-0.39, 0.29) is 34.6 Å². The summed E-state index contributed by atoms with van der Waals surface area (Å²) in [5.41, 5.74) is 2.03. The van der Waals surface area contributed by atoms with Crippen molar-refractivity contribution in [3.05, 3.63) is 51.4 Å². The number of amides is 1. The van der Waals surface area contributed by atoms with Crippen LogP contribution in [0.5, 0.6) is 0 Å². The normalized spacial score (nSPS) is 15.8.